The second kappa shape index (κ2) is 9.09. The van der Waals surface area contributed by atoms with Gasteiger partial charge in [-0.15, -0.1) is 0 Å². The highest BCUT2D eigenvalue weighted by Crippen LogP contribution is 2.41. The van der Waals surface area contributed by atoms with Crippen LogP contribution in [0.3, 0.4) is 0 Å². The first-order chi connectivity index (χ1) is 16.6. The first-order valence-corrected chi connectivity index (χ1v) is 11.3. The molecule has 0 fully saturated rings. The summed E-state index contributed by atoms with van der Waals surface area (Å²) in [6.07, 6.45) is 0.604. The molecule has 3 aromatic carbocycles. The van der Waals surface area contributed by atoms with E-state index in [4.69, 9.17) is 9.72 Å². The van der Waals surface area contributed by atoms with Crippen LogP contribution in [0.15, 0.2) is 78.9 Å². The predicted molar refractivity (Wildman–Crippen MR) is 127 cm³/mol. The van der Waals surface area contributed by atoms with Gasteiger partial charge in [0.05, 0.1) is 23.7 Å². The summed E-state index contributed by atoms with van der Waals surface area (Å²) in [7, 11) is 0. The van der Waals surface area contributed by atoms with Crippen LogP contribution in [0.4, 0.5) is 10.3 Å². The molecule has 0 saturated heterocycles. The molecule has 1 amide bonds. The number of hydrogen-bond acceptors (Lipinski definition) is 4. The Bertz CT molecular complexity index is 1330. The van der Waals surface area contributed by atoms with Gasteiger partial charge >= 0.3 is 5.97 Å². The van der Waals surface area contributed by atoms with Crippen LogP contribution in [0.2, 0.25) is 0 Å². The van der Waals surface area contributed by atoms with E-state index in [1.54, 1.807) is 24.0 Å². The lowest BCUT2D eigenvalue weighted by Crippen LogP contribution is -2.50. The number of amides is 1. The summed E-state index contributed by atoms with van der Waals surface area (Å²) in [6.45, 7) is 2.22. The Morgan fingerprint density at radius 2 is 1.71 bits per heavy atom. The minimum Gasteiger partial charge on any atom is -0.465 e. The molecule has 7 heteroatoms. The Hall–Kier alpha value is -4.00. The molecule has 1 aliphatic rings. The fourth-order valence-electron chi connectivity index (χ4n) is 4.61. The van der Waals surface area contributed by atoms with E-state index in [1.807, 2.05) is 59.2 Å². The molecular weight excluding hydrogens is 433 g/mol. The number of halogens is 1. The van der Waals surface area contributed by atoms with Crippen LogP contribution in [-0.4, -0.2) is 34.6 Å². The van der Waals surface area contributed by atoms with Gasteiger partial charge in [-0.3, -0.25) is 14.5 Å². The highest BCUT2D eigenvalue weighted by Gasteiger charge is 2.47. The van der Waals surface area contributed by atoms with E-state index in [0.29, 0.717) is 30.0 Å². The third kappa shape index (κ3) is 3.83. The van der Waals surface area contributed by atoms with E-state index in [1.165, 1.54) is 12.1 Å². The maximum atomic E-state index is 13.9. The second-order valence-corrected chi connectivity index (χ2v) is 8.22. The van der Waals surface area contributed by atoms with Crippen LogP contribution in [0.25, 0.3) is 11.0 Å². The number of imidazole rings is 1. The van der Waals surface area contributed by atoms with E-state index < -0.39 is 23.7 Å². The smallest absolute Gasteiger partial charge is 0.321 e. The Kier molecular flexibility index (Phi) is 5.84. The molecule has 0 bridgehead atoms. The van der Waals surface area contributed by atoms with Crippen molar-refractivity contribution in [2.75, 3.05) is 18.1 Å². The van der Waals surface area contributed by atoms with Crippen molar-refractivity contribution in [3.8, 4) is 0 Å². The summed E-state index contributed by atoms with van der Waals surface area (Å²) in [4.78, 5) is 33.4. The molecule has 1 aliphatic heterocycles. The molecule has 5 rings (SSSR count). The number of ether oxygens (including phenoxy) is 1. The van der Waals surface area contributed by atoms with Crippen LogP contribution in [0, 0.1) is 11.7 Å². The third-order valence-corrected chi connectivity index (χ3v) is 6.16. The molecule has 2 heterocycles. The van der Waals surface area contributed by atoms with Crippen LogP contribution in [0.5, 0.6) is 0 Å². The van der Waals surface area contributed by atoms with Gasteiger partial charge in [0.15, 0.2) is 5.92 Å². The molecule has 34 heavy (non-hydrogen) atoms. The molecule has 4 aromatic rings. The number of aromatic nitrogens is 2. The fourth-order valence-corrected chi connectivity index (χ4v) is 4.61. The molecule has 0 N–H and O–H groups in total. The van der Waals surface area contributed by atoms with E-state index >= 15 is 0 Å². The van der Waals surface area contributed by atoms with Crippen molar-refractivity contribution < 1.29 is 18.7 Å². The lowest BCUT2D eigenvalue weighted by Gasteiger charge is -2.38. The first-order valence-electron chi connectivity index (χ1n) is 11.3. The molecule has 0 saturated carbocycles. The zero-order chi connectivity index (χ0) is 23.7. The van der Waals surface area contributed by atoms with E-state index in [-0.39, 0.29) is 12.5 Å². The molecular formula is C27H24FN3O3. The Morgan fingerprint density at radius 1 is 1.00 bits per heavy atom. The van der Waals surface area contributed by atoms with Gasteiger partial charge in [-0.25, -0.2) is 9.37 Å². The number of anilines is 1. The Balaban J connectivity index is 1.68. The number of esters is 1. The summed E-state index contributed by atoms with van der Waals surface area (Å²) in [5.41, 5.74) is 3.22. The van der Waals surface area contributed by atoms with Crippen molar-refractivity contribution in [1.29, 1.82) is 0 Å². The highest BCUT2D eigenvalue weighted by atomic mass is 19.1. The third-order valence-electron chi connectivity index (χ3n) is 6.16. The van der Waals surface area contributed by atoms with E-state index in [2.05, 4.69) is 0 Å². The monoisotopic (exact) mass is 457 g/mol. The summed E-state index contributed by atoms with van der Waals surface area (Å²) < 4.78 is 21.0. The van der Waals surface area contributed by atoms with Crippen molar-refractivity contribution in [3.63, 3.8) is 0 Å². The van der Waals surface area contributed by atoms with Crippen molar-refractivity contribution in [2.24, 2.45) is 5.92 Å². The van der Waals surface area contributed by atoms with Crippen LogP contribution in [0.1, 0.15) is 24.1 Å². The summed E-state index contributed by atoms with van der Waals surface area (Å²) in [5.74, 6) is -2.01. The fraction of sp³-hybridized carbons (Fsp3) is 0.222. The minimum atomic E-state index is -1.12. The zero-order valence-electron chi connectivity index (χ0n) is 18.7. The van der Waals surface area contributed by atoms with Crippen LogP contribution >= 0.6 is 0 Å². The molecule has 172 valence electrons. The van der Waals surface area contributed by atoms with Gasteiger partial charge in [-0.2, -0.15) is 0 Å². The second-order valence-electron chi connectivity index (χ2n) is 8.22. The van der Waals surface area contributed by atoms with E-state index in [0.717, 1.165) is 11.1 Å². The van der Waals surface area contributed by atoms with Crippen molar-refractivity contribution >= 4 is 28.9 Å². The molecule has 0 spiro atoms. The maximum absolute atomic E-state index is 13.9. The molecule has 2 atom stereocenters. The van der Waals surface area contributed by atoms with Gasteiger partial charge in [-0.1, -0.05) is 54.6 Å². The average molecular weight is 458 g/mol. The number of benzene rings is 3. The lowest BCUT2D eigenvalue weighted by molar-refractivity contribution is -0.153. The first kappa shape index (κ1) is 21.8. The van der Waals surface area contributed by atoms with Gasteiger partial charge in [-0.05, 0) is 48.7 Å². The number of hydrogen-bond donors (Lipinski definition) is 0. The SMILES string of the molecule is CCOC(=O)[C@@H]1C(=O)N(CCc2ccccc2)c2nc3ccccc3n2[C@H]1c1ccc(F)cc1. The number of rotatable bonds is 6. The lowest BCUT2D eigenvalue weighted by atomic mass is 9.89. The Morgan fingerprint density at radius 3 is 2.44 bits per heavy atom. The maximum Gasteiger partial charge on any atom is 0.321 e. The predicted octanol–water partition coefficient (Wildman–Crippen LogP) is 4.53. The van der Waals surface area contributed by atoms with Gasteiger partial charge in [0.25, 0.3) is 0 Å². The highest BCUT2D eigenvalue weighted by molar-refractivity contribution is 6.08. The Labute approximate surface area is 196 Å². The van der Waals surface area contributed by atoms with Crippen molar-refractivity contribution in [1.82, 2.24) is 9.55 Å². The summed E-state index contributed by atoms with van der Waals surface area (Å²) in [6, 6.07) is 22.6. The van der Waals surface area contributed by atoms with Crippen molar-refractivity contribution in [2.45, 2.75) is 19.4 Å². The van der Waals surface area contributed by atoms with Gasteiger partial charge in [0, 0.05) is 6.54 Å². The normalized spacial score (nSPS) is 17.6. The molecule has 0 aliphatic carbocycles. The number of carbonyl (C=O) groups is 2. The van der Waals surface area contributed by atoms with Gasteiger partial charge in [0.1, 0.15) is 5.82 Å². The van der Waals surface area contributed by atoms with Gasteiger partial charge < -0.3 is 9.30 Å². The average Bonchev–Trinajstić information content (AvgIpc) is 3.23. The van der Waals surface area contributed by atoms with Crippen LogP contribution in [-0.2, 0) is 20.7 Å². The zero-order valence-corrected chi connectivity index (χ0v) is 18.7. The number of nitrogens with zero attached hydrogens (tertiary/aromatic N) is 3. The quantitative estimate of drug-likeness (QED) is 0.315. The number of para-hydroxylation sites is 2. The van der Waals surface area contributed by atoms with Crippen molar-refractivity contribution in [3.05, 3.63) is 95.8 Å². The van der Waals surface area contributed by atoms with E-state index in [9.17, 15) is 14.0 Å². The largest absolute Gasteiger partial charge is 0.465 e. The summed E-state index contributed by atoms with van der Waals surface area (Å²) in [5, 5.41) is 0. The number of fused-ring (bicyclic) bond motifs is 3. The minimum absolute atomic E-state index is 0.153. The number of carbonyl (C=O) groups excluding carboxylic acids is 2. The standard InChI is InChI=1S/C27H24FN3O3/c1-2-34-26(33)23-24(19-12-14-20(28)15-13-19)31-22-11-7-6-10-21(22)29-27(31)30(25(23)32)17-16-18-8-4-3-5-9-18/h3-15,23-24H,2,16-17H2,1H3/t23-,24-/m0/s1. The summed E-state index contributed by atoms with van der Waals surface area (Å²) >= 11 is 0. The molecule has 0 unspecified atom stereocenters. The van der Waals surface area contributed by atoms with Crippen LogP contribution < -0.4 is 4.90 Å². The molecule has 6 nitrogen and oxygen atoms in total. The molecule has 1 aromatic heterocycles. The topological polar surface area (TPSA) is 64.4 Å². The molecule has 0 radical (unpaired) electrons. The van der Waals surface area contributed by atoms with Gasteiger partial charge in [0.2, 0.25) is 11.9 Å².